The lowest BCUT2D eigenvalue weighted by Gasteiger charge is -2.21. The van der Waals surface area contributed by atoms with Gasteiger partial charge >= 0.3 is 0 Å². The Kier molecular flexibility index (Phi) is 4.52. The van der Waals surface area contributed by atoms with Crippen molar-refractivity contribution in [1.29, 1.82) is 0 Å². The van der Waals surface area contributed by atoms with Crippen molar-refractivity contribution in [3.05, 3.63) is 60.3 Å². The highest BCUT2D eigenvalue weighted by Crippen LogP contribution is 2.45. The first-order chi connectivity index (χ1) is 8.15. The van der Waals surface area contributed by atoms with Gasteiger partial charge in [-0.25, -0.2) is 0 Å². The Bertz CT molecular complexity index is 344. The Hall–Kier alpha value is -0.470. The molecule has 0 spiro atoms. The number of hydrogen-bond donors (Lipinski definition) is 0. The summed E-state index contributed by atoms with van der Waals surface area (Å²) in [4.78, 5) is 3.51. The summed E-state index contributed by atoms with van der Waals surface area (Å²) >= 11 is 1.84. The molecule has 1 aliphatic rings. The molecule has 17 heavy (non-hydrogen) atoms. The number of rotatable bonds is 4. The number of nitrogens with zero attached hydrogens (tertiary/aromatic N) is 1. The summed E-state index contributed by atoms with van der Waals surface area (Å²) in [7, 11) is 4.21. The van der Waals surface area contributed by atoms with E-state index in [1.807, 2.05) is 11.8 Å². The van der Waals surface area contributed by atoms with Crippen molar-refractivity contribution in [2.24, 2.45) is 0 Å². The third kappa shape index (κ3) is 3.75. The number of thioether (sulfide) groups is 1. The van der Waals surface area contributed by atoms with Crippen LogP contribution >= 0.6 is 11.8 Å². The molecule has 0 amide bonds. The van der Waals surface area contributed by atoms with Gasteiger partial charge in [-0.3, -0.25) is 0 Å². The van der Waals surface area contributed by atoms with Gasteiger partial charge < -0.3 is 4.90 Å². The van der Waals surface area contributed by atoms with Crippen LogP contribution in [0.5, 0.6) is 0 Å². The van der Waals surface area contributed by atoms with Gasteiger partial charge in [-0.15, -0.1) is 11.8 Å². The van der Waals surface area contributed by atoms with E-state index in [2.05, 4.69) is 69.4 Å². The second kappa shape index (κ2) is 5.92. The molecular formula is C15H18NS. The Balaban J connectivity index is 1.95. The van der Waals surface area contributed by atoms with Gasteiger partial charge in [-0.1, -0.05) is 17.7 Å². The third-order valence-corrected chi connectivity index (χ3v) is 3.72. The lowest BCUT2D eigenvalue weighted by molar-refractivity contribution is 0.431. The quantitative estimate of drug-likeness (QED) is 0.799. The number of benzene rings is 1. The molecule has 2 heteroatoms. The maximum absolute atomic E-state index is 2.20. The van der Waals surface area contributed by atoms with Gasteiger partial charge in [0.05, 0.1) is 0 Å². The van der Waals surface area contributed by atoms with Crippen LogP contribution in [0.15, 0.2) is 29.2 Å². The van der Waals surface area contributed by atoms with Gasteiger partial charge in [0.15, 0.2) is 0 Å². The molecule has 1 fully saturated rings. The predicted molar refractivity (Wildman–Crippen MR) is 75.0 cm³/mol. The third-order valence-electron chi connectivity index (χ3n) is 2.60. The van der Waals surface area contributed by atoms with E-state index in [1.54, 1.807) is 0 Å². The summed E-state index contributed by atoms with van der Waals surface area (Å²) in [5, 5.41) is 1.36. The fraction of sp³-hybridized carbons (Fsp3) is 0.267. The van der Waals surface area contributed by atoms with Crippen molar-refractivity contribution < 1.29 is 0 Å². The molecule has 1 saturated carbocycles. The maximum atomic E-state index is 2.20. The van der Waals surface area contributed by atoms with Crippen molar-refractivity contribution in [2.45, 2.75) is 11.8 Å². The molecule has 1 nitrogen and oxygen atoms in total. The largest absolute Gasteiger partial charge is 0.309 e. The van der Waals surface area contributed by atoms with Crippen LogP contribution < -0.4 is 0 Å². The molecule has 0 saturated heterocycles. The molecule has 89 valence electrons. The van der Waals surface area contributed by atoms with E-state index in [4.69, 9.17) is 0 Å². The highest BCUT2D eigenvalue weighted by molar-refractivity contribution is 8.02. The zero-order chi connectivity index (χ0) is 12.3. The monoisotopic (exact) mass is 244 g/mol. The Labute approximate surface area is 110 Å². The molecule has 2 rings (SSSR count). The van der Waals surface area contributed by atoms with Gasteiger partial charge in [0.1, 0.15) is 0 Å². The summed E-state index contributed by atoms with van der Waals surface area (Å²) in [6.45, 7) is 3.12. The first kappa shape index (κ1) is 13.0. The standard InChI is InChI=1S/C15H18NS/c1-12-7-9-14(10-8-12)17-15-6-4-5-13(15)11-16(2)3/h4-10H,11H2,1-3H3. The lowest BCUT2D eigenvalue weighted by atomic mass is 10.1. The second-order valence-corrected chi connectivity index (χ2v) is 5.68. The Morgan fingerprint density at radius 1 is 1.06 bits per heavy atom. The van der Waals surface area contributed by atoms with Gasteiger partial charge in [0, 0.05) is 22.6 Å². The molecule has 0 aliphatic heterocycles. The SMILES string of the molecule is Cc1ccc(S[C]2[CH][CH][CH][C]2CN(C)C)cc1. The number of aryl methyl sites for hydroxylation is 1. The van der Waals surface area contributed by atoms with Crippen LogP contribution in [0, 0.1) is 37.4 Å². The fourth-order valence-corrected chi connectivity index (χ4v) is 2.68. The van der Waals surface area contributed by atoms with Crippen LogP contribution in [0.4, 0.5) is 0 Å². The van der Waals surface area contributed by atoms with Crippen molar-refractivity contribution in [3.63, 3.8) is 0 Å². The lowest BCUT2D eigenvalue weighted by Crippen LogP contribution is -2.21. The maximum Gasteiger partial charge on any atom is 0.0478 e. The minimum Gasteiger partial charge on any atom is -0.309 e. The highest BCUT2D eigenvalue weighted by atomic mass is 32.2. The van der Waals surface area contributed by atoms with Crippen molar-refractivity contribution >= 4 is 11.8 Å². The molecule has 0 N–H and O–H groups in total. The molecule has 0 bridgehead atoms. The average Bonchev–Trinajstić information content (AvgIpc) is 2.68. The van der Waals surface area contributed by atoms with E-state index in [1.165, 1.54) is 21.6 Å². The summed E-state index contributed by atoms with van der Waals surface area (Å²) in [6, 6.07) is 8.70. The zero-order valence-electron chi connectivity index (χ0n) is 10.6. The molecule has 5 radical (unpaired) electrons. The van der Waals surface area contributed by atoms with Crippen LogP contribution in [0.25, 0.3) is 0 Å². The minimum absolute atomic E-state index is 1.00. The first-order valence-electron chi connectivity index (χ1n) is 5.79. The fourth-order valence-electron chi connectivity index (χ4n) is 1.74. The molecule has 1 aromatic carbocycles. The minimum atomic E-state index is 1.00. The van der Waals surface area contributed by atoms with E-state index in [0.29, 0.717) is 0 Å². The van der Waals surface area contributed by atoms with Crippen LogP contribution in [0.3, 0.4) is 0 Å². The van der Waals surface area contributed by atoms with Crippen LogP contribution in [0.2, 0.25) is 0 Å². The van der Waals surface area contributed by atoms with E-state index >= 15 is 0 Å². The average molecular weight is 244 g/mol. The molecule has 0 heterocycles. The molecule has 0 unspecified atom stereocenters. The van der Waals surface area contributed by atoms with E-state index in [9.17, 15) is 0 Å². The summed E-state index contributed by atoms with van der Waals surface area (Å²) in [6.07, 6.45) is 6.54. The predicted octanol–water partition coefficient (Wildman–Crippen LogP) is 3.38. The van der Waals surface area contributed by atoms with Gasteiger partial charge in [0.2, 0.25) is 0 Å². The molecule has 1 aromatic rings. The van der Waals surface area contributed by atoms with Crippen LogP contribution in [0.1, 0.15) is 5.56 Å². The summed E-state index contributed by atoms with van der Waals surface area (Å²) < 4.78 is 0. The summed E-state index contributed by atoms with van der Waals surface area (Å²) in [5.41, 5.74) is 1.31. The van der Waals surface area contributed by atoms with Crippen LogP contribution in [-0.2, 0) is 0 Å². The summed E-state index contributed by atoms with van der Waals surface area (Å²) in [5.74, 6) is 1.40. The number of hydrogen-bond acceptors (Lipinski definition) is 2. The Morgan fingerprint density at radius 2 is 1.76 bits per heavy atom. The highest BCUT2D eigenvalue weighted by Gasteiger charge is 2.30. The van der Waals surface area contributed by atoms with E-state index in [0.717, 1.165) is 6.54 Å². The van der Waals surface area contributed by atoms with E-state index < -0.39 is 0 Å². The van der Waals surface area contributed by atoms with Crippen molar-refractivity contribution in [3.8, 4) is 0 Å². The first-order valence-corrected chi connectivity index (χ1v) is 6.60. The van der Waals surface area contributed by atoms with Gasteiger partial charge in [-0.05, 0) is 52.4 Å². The van der Waals surface area contributed by atoms with Crippen molar-refractivity contribution in [2.75, 3.05) is 20.6 Å². The topological polar surface area (TPSA) is 3.24 Å². The molecule has 0 atom stereocenters. The van der Waals surface area contributed by atoms with E-state index in [-0.39, 0.29) is 0 Å². The second-order valence-electron chi connectivity index (χ2n) is 4.57. The van der Waals surface area contributed by atoms with Crippen molar-refractivity contribution in [1.82, 2.24) is 4.90 Å². The smallest absolute Gasteiger partial charge is 0.0478 e. The van der Waals surface area contributed by atoms with Crippen LogP contribution in [-0.4, -0.2) is 25.5 Å². The van der Waals surface area contributed by atoms with Gasteiger partial charge in [0.25, 0.3) is 0 Å². The molecule has 1 aliphatic carbocycles. The van der Waals surface area contributed by atoms with Gasteiger partial charge in [-0.2, -0.15) is 0 Å². The molecule has 0 aromatic heterocycles. The Morgan fingerprint density at radius 3 is 2.41 bits per heavy atom. The molecular weight excluding hydrogens is 226 g/mol. The normalized spacial score (nSPS) is 18.1. The zero-order valence-corrected chi connectivity index (χ0v) is 11.4.